The van der Waals surface area contributed by atoms with E-state index in [9.17, 15) is 0 Å². The molecule has 0 saturated carbocycles. The first-order valence-electron chi connectivity index (χ1n) is 8.06. The maximum atomic E-state index is 5.69. The van der Waals surface area contributed by atoms with Crippen molar-refractivity contribution in [1.82, 2.24) is 4.57 Å². The van der Waals surface area contributed by atoms with Crippen LogP contribution in [0.2, 0.25) is 18.1 Å². The lowest BCUT2D eigenvalue weighted by molar-refractivity contribution is 0.112. The van der Waals surface area contributed by atoms with Crippen molar-refractivity contribution < 1.29 is 13.3 Å². The van der Waals surface area contributed by atoms with E-state index in [1.54, 1.807) is 21.3 Å². The molecule has 0 N–H and O–H groups in total. The molecule has 4 nitrogen and oxygen atoms in total. The molecule has 0 amide bonds. The van der Waals surface area contributed by atoms with Crippen molar-refractivity contribution in [1.29, 1.82) is 0 Å². The normalized spacial score (nSPS) is 13.6. The molecule has 23 heavy (non-hydrogen) atoms. The van der Waals surface area contributed by atoms with Crippen molar-refractivity contribution in [2.75, 3.05) is 27.5 Å². The lowest BCUT2D eigenvalue weighted by atomic mass is 10.2. The predicted octanol–water partition coefficient (Wildman–Crippen LogP) is 3.91. The number of benzene rings is 1. The van der Waals surface area contributed by atoms with E-state index in [4.69, 9.17) is 13.3 Å². The van der Waals surface area contributed by atoms with Gasteiger partial charge in [0, 0.05) is 27.9 Å². The molecule has 0 aliphatic rings. The fourth-order valence-corrected chi connectivity index (χ4v) is 7.56. The van der Waals surface area contributed by atoms with Crippen LogP contribution in [-0.4, -0.2) is 49.1 Å². The van der Waals surface area contributed by atoms with Gasteiger partial charge in [-0.2, -0.15) is 0 Å². The van der Waals surface area contributed by atoms with Gasteiger partial charge in [-0.3, -0.25) is 0 Å². The van der Waals surface area contributed by atoms with Crippen LogP contribution < -0.4 is 0 Å². The summed E-state index contributed by atoms with van der Waals surface area (Å²) in [6.07, 6.45) is 0.710. The van der Waals surface area contributed by atoms with Gasteiger partial charge in [0.1, 0.15) is 8.24 Å². The minimum absolute atomic E-state index is 0.233. The summed E-state index contributed by atoms with van der Waals surface area (Å²) in [5.74, 6) is 0. The zero-order chi connectivity index (χ0) is 17.7. The minimum atomic E-state index is -2.66. The van der Waals surface area contributed by atoms with E-state index in [1.165, 1.54) is 5.56 Å². The average molecular weight is 356 g/mol. The Hall–Kier alpha value is -0.506. The Morgan fingerprint density at radius 2 is 1.39 bits per heavy atom. The Labute approximate surface area is 144 Å². The van der Waals surface area contributed by atoms with Crippen molar-refractivity contribution in [3.8, 4) is 0 Å². The van der Waals surface area contributed by atoms with Gasteiger partial charge in [0.05, 0.1) is 6.17 Å². The molecule has 1 aromatic carbocycles. The topological polar surface area (TPSA) is 30.9 Å². The lowest BCUT2D eigenvalue weighted by Crippen LogP contribution is -2.62. The molecule has 0 heterocycles. The molecule has 6 heteroatoms. The molecule has 0 bridgehead atoms. The maximum absolute atomic E-state index is 5.69. The summed E-state index contributed by atoms with van der Waals surface area (Å²) < 4.78 is 19.6. The fourth-order valence-electron chi connectivity index (χ4n) is 2.41. The van der Waals surface area contributed by atoms with E-state index in [-0.39, 0.29) is 5.04 Å². The highest BCUT2D eigenvalue weighted by Crippen LogP contribution is 2.39. The van der Waals surface area contributed by atoms with Gasteiger partial charge in [0.15, 0.2) is 0 Å². The summed E-state index contributed by atoms with van der Waals surface area (Å²) in [4.78, 5) is 0. The smallest absolute Gasteiger partial charge is 0.376 e. The Bertz CT molecular complexity index is 462. The van der Waals surface area contributed by atoms with E-state index < -0.39 is 17.0 Å². The summed E-state index contributed by atoms with van der Waals surface area (Å²) in [6, 6.07) is 10.6. The van der Waals surface area contributed by atoms with Crippen molar-refractivity contribution >= 4 is 17.0 Å². The fraction of sp³-hybridized carbons (Fsp3) is 0.647. The largest absolute Gasteiger partial charge is 0.514 e. The summed E-state index contributed by atoms with van der Waals surface area (Å²) in [6.45, 7) is 12.7. The summed E-state index contributed by atoms with van der Waals surface area (Å²) >= 11 is 0. The van der Waals surface area contributed by atoms with Crippen LogP contribution in [0.4, 0.5) is 0 Å². The van der Waals surface area contributed by atoms with Crippen molar-refractivity contribution in [3.05, 3.63) is 35.9 Å². The lowest BCUT2D eigenvalue weighted by Gasteiger charge is -2.47. The Morgan fingerprint density at radius 1 is 0.913 bits per heavy atom. The highest BCUT2D eigenvalue weighted by Gasteiger charge is 2.48. The first-order chi connectivity index (χ1) is 10.6. The first kappa shape index (κ1) is 20.5. The van der Waals surface area contributed by atoms with Gasteiger partial charge in [-0.25, -0.2) is 0 Å². The second-order valence-corrected chi connectivity index (χ2v) is 15.6. The average Bonchev–Trinajstić information content (AvgIpc) is 2.51. The number of hydrogen-bond acceptors (Lipinski definition) is 4. The second-order valence-electron chi connectivity index (χ2n) is 7.45. The van der Waals surface area contributed by atoms with Gasteiger partial charge in [0.25, 0.3) is 0 Å². The van der Waals surface area contributed by atoms with Crippen molar-refractivity contribution in [2.24, 2.45) is 0 Å². The predicted molar refractivity (Wildman–Crippen MR) is 101 cm³/mol. The monoisotopic (exact) mass is 355 g/mol. The van der Waals surface area contributed by atoms with E-state index in [0.717, 1.165) is 6.54 Å². The van der Waals surface area contributed by atoms with Crippen molar-refractivity contribution in [2.45, 2.75) is 45.4 Å². The highest BCUT2D eigenvalue weighted by atomic mass is 28.4. The number of rotatable bonds is 8. The van der Waals surface area contributed by atoms with Gasteiger partial charge in [-0.1, -0.05) is 64.2 Å². The standard InChI is InChI=1S/C17H33NO3Si2/c1-17(2,3)22(7,8)18(14-16-12-10-9-11-13-16)15-23(19-4,20-5)21-6/h9-13H,14-15H2,1-8H3. The van der Waals surface area contributed by atoms with Crippen LogP contribution in [0.15, 0.2) is 30.3 Å². The molecule has 0 radical (unpaired) electrons. The molecular formula is C17H33NO3Si2. The second kappa shape index (κ2) is 8.05. The van der Waals surface area contributed by atoms with Crippen LogP contribution in [0.1, 0.15) is 26.3 Å². The van der Waals surface area contributed by atoms with Crippen molar-refractivity contribution in [3.63, 3.8) is 0 Å². The third-order valence-electron chi connectivity index (χ3n) is 5.16. The van der Waals surface area contributed by atoms with Crippen LogP contribution in [-0.2, 0) is 19.8 Å². The maximum Gasteiger partial charge on any atom is 0.514 e. The Kier molecular flexibility index (Phi) is 7.19. The molecule has 0 unspecified atom stereocenters. The molecule has 1 aromatic rings. The van der Waals surface area contributed by atoms with E-state index in [0.29, 0.717) is 6.17 Å². The molecule has 0 aliphatic carbocycles. The van der Waals surface area contributed by atoms with E-state index >= 15 is 0 Å². The number of hydrogen-bond donors (Lipinski definition) is 0. The quantitative estimate of drug-likeness (QED) is 0.662. The SMILES string of the molecule is CO[Si](CN(Cc1ccccc1)[Si](C)(C)C(C)(C)C)(OC)OC. The molecule has 0 spiro atoms. The Morgan fingerprint density at radius 3 is 1.78 bits per heavy atom. The van der Waals surface area contributed by atoms with Crippen LogP contribution in [0, 0.1) is 0 Å². The third kappa shape index (κ3) is 4.98. The van der Waals surface area contributed by atoms with Crippen LogP contribution >= 0.6 is 0 Å². The van der Waals surface area contributed by atoms with Gasteiger partial charge in [-0.15, -0.1) is 0 Å². The van der Waals surface area contributed by atoms with Crippen LogP contribution in [0.25, 0.3) is 0 Å². The molecule has 0 aliphatic heterocycles. The van der Waals surface area contributed by atoms with E-state index in [2.05, 4.69) is 68.8 Å². The Balaban J connectivity index is 3.16. The van der Waals surface area contributed by atoms with Gasteiger partial charge in [0.2, 0.25) is 0 Å². The molecule has 132 valence electrons. The summed E-state index contributed by atoms with van der Waals surface area (Å²) in [5, 5.41) is 0.233. The third-order valence-corrected chi connectivity index (χ3v) is 13.7. The molecular weight excluding hydrogens is 322 g/mol. The summed E-state index contributed by atoms with van der Waals surface area (Å²) in [7, 11) is 0.648. The zero-order valence-electron chi connectivity index (χ0n) is 16.0. The van der Waals surface area contributed by atoms with Gasteiger partial charge >= 0.3 is 8.80 Å². The summed E-state index contributed by atoms with van der Waals surface area (Å²) in [5.41, 5.74) is 1.31. The van der Waals surface area contributed by atoms with E-state index in [1.807, 2.05) is 0 Å². The van der Waals surface area contributed by atoms with Crippen LogP contribution in [0.3, 0.4) is 0 Å². The number of nitrogens with zero attached hydrogens (tertiary/aromatic N) is 1. The molecule has 0 atom stereocenters. The van der Waals surface area contributed by atoms with Gasteiger partial charge in [-0.05, 0) is 10.6 Å². The molecule has 0 fully saturated rings. The first-order valence-corrected chi connectivity index (χ1v) is 12.9. The van der Waals surface area contributed by atoms with Crippen LogP contribution in [0.5, 0.6) is 0 Å². The molecule has 0 aromatic heterocycles. The zero-order valence-corrected chi connectivity index (χ0v) is 18.0. The minimum Gasteiger partial charge on any atom is -0.376 e. The molecule has 0 saturated heterocycles. The highest BCUT2D eigenvalue weighted by molar-refractivity contribution is 6.78. The molecule has 1 rings (SSSR count). The van der Waals surface area contributed by atoms with Gasteiger partial charge < -0.3 is 17.8 Å².